The third-order valence-electron chi connectivity index (χ3n) is 10.5. The number of hydrogen-bond acceptors (Lipinski definition) is 3. The van der Waals surface area contributed by atoms with Crippen molar-refractivity contribution in [3.05, 3.63) is 212 Å². The van der Waals surface area contributed by atoms with Crippen LogP contribution in [0.5, 0.6) is 0 Å². The zero-order valence-corrected chi connectivity index (χ0v) is 30.5. The maximum Gasteiger partial charge on any atom is 0.160 e. The molecule has 56 heavy (non-hydrogen) atoms. The molecule has 0 amide bonds. The summed E-state index contributed by atoms with van der Waals surface area (Å²) in [6, 6.07) is 74.6. The van der Waals surface area contributed by atoms with Crippen molar-refractivity contribution in [3.8, 4) is 78.5 Å². The molecule has 0 bridgehead atoms. The van der Waals surface area contributed by atoms with Gasteiger partial charge in [-0.2, -0.15) is 0 Å². The van der Waals surface area contributed by atoms with E-state index in [0.29, 0.717) is 5.82 Å². The summed E-state index contributed by atoms with van der Waals surface area (Å²) in [5.74, 6) is 0.705. The van der Waals surface area contributed by atoms with Crippen LogP contribution in [0, 0.1) is 0 Å². The molecule has 0 atom stereocenters. The van der Waals surface area contributed by atoms with Crippen molar-refractivity contribution < 1.29 is 0 Å². The van der Waals surface area contributed by atoms with Crippen molar-refractivity contribution in [2.75, 3.05) is 0 Å². The third-order valence-corrected chi connectivity index (χ3v) is 10.5. The molecule has 0 aliphatic rings. The maximum absolute atomic E-state index is 5.13. The minimum absolute atomic E-state index is 0.705. The molecule has 3 heteroatoms. The van der Waals surface area contributed by atoms with Gasteiger partial charge in [-0.3, -0.25) is 0 Å². The van der Waals surface area contributed by atoms with Crippen LogP contribution < -0.4 is 0 Å². The van der Waals surface area contributed by atoms with Gasteiger partial charge in [-0.25, -0.2) is 15.0 Å². The SMILES string of the molecule is c1ccc(-c2ccc(-c3cc(-c4ccc(-c5ccc(-c6cc(-c7ccccc7)nc7ccc8ccccc8c67)cc5)cc4)nc(-c4ccccc4)n3)cc2)cc1. The molecule has 3 nitrogen and oxygen atoms in total. The van der Waals surface area contributed by atoms with Crippen LogP contribution >= 0.6 is 0 Å². The molecule has 0 spiro atoms. The lowest BCUT2D eigenvalue weighted by molar-refractivity contribution is 1.18. The minimum Gasteiger partial charge on any atom is -0.248 e. The molecule has 2 heterocycles. The largest absolute Gasteiger partial charge is 0.248 e. The Balaban J connectivity index is 0.996. The van der Waals surface area contributed by atoms with E-state index in [1.807, 2.05) is 30.3 Å². The van der Waals surface area contributed by atoms with Gasteiger partial charge in [0.1, 0.15) is 0 Å². The highest BCUT2D eigenvalue weighted by Gasteiger charge is 2.14. The summed E-state index contributed by atoms with van der Waals surface area (Å²) in [5.41, 5.74) is 14.9. The highest BCUT2D eigenvalue weighted by atomic mass is 14.9. The van der Waals surface area contributed by atoms with Gasteiger partial charge in [-0.05, 0) is 62.4 Å². The Bertz CT molecular complexity index is 2960. The number of pyridine rings is 1. The lowest BCUT2D eigenvalue weighted by Gasteiger charge is -2.14. The summed E-state index contributed by atoms with van der Waals surface area (Å²) in [6.45, 7) is 0. The summed E-state index contributed by atoms with van der Waals surface area (Å²) >= 11 is 0. The van der Waals surface area contributed by atoms with Crippen molar-refractivity contribution in [3.63, 3.8) is 0 Å². The average Bonchev–Trinajstić information content (AvgIpc) is 3.29. The van der Waals surface area contributed by atoms with Gasteiger partial charge >= 0.3 is 0 Å². The first-order chi connectivity index (χ1) is 27.7. The average molecular weight is 714 g/mol. The molecule has 0 N–H and O–H groups in total. The summed E-state index contributed by atoms with van der Waals surface area (Å²) < 4.78 is 0. The van der Waals surface area contributed by atoms with E-state index in [-0.39, 0.29) is 0 Å². The highest BCUT2D eigenvalue weighted by Crippen LogP contribution is 2.38. The van der Waals surface area contributed by atoms with Crippen LogP contribution in [0.3, 0.4) is 0 Å². The molecule has 0 saturated heterocycles. The maximum atomic E-state index is 5.13. The number of nitrogens with zero attached hydrogens (tertiary/aromatic N) is 3. The molecule has 10 aromatic rings. The molecule has 0 aliphatic carbocycles. The van der Waals surface area contributed by atoms with Crippen molar-refractivity contribution in [1.29, 1.82) is 0 Å². The van der Waals surface area contributed by atoms with Gasteiger partial charge < -0.3 is 0 Å². The first kappa shape index (κ1) is 33.1. The fourth-order valence-electron chi connectivity index (χ4n) is 7.59. The van der Waals surface area contributed by atoms with E-state index < -0.39 is 0 Å². The predicted molar refractivity (Wildman–Crippen MR) is 233 cm³/mol. The van der Waals surface area contributed by atoms with E-state index in [2.05, 4.69) is 182 Å². The summed E-state index contributed by atoms with van der Waals surface area (Å²) in [7, 11) is 0. The Morgan fingerprint density at radius 2 is 0.679 bits per heavy atom. The molecule has 0 unspecified atom stereocenters. The quantitative estimate of drug-likeness (QED) is 0.154. The van der Waals surface area contributed by atoms with Crippen LogP contribution in [0.2, 0.25) is 0 Å². The van der Waals surface area contributed by atoms with Gasteiger partial charge in [0, 0.05) is 27.6 Å². The number of rotatable bonds is 7. The van der Waals surface area contributed by atoms with Crippen LogP contribution in [-0.2, 0) is 0 Å². The number of aromatic nitrogens is 3. The molecule has 0 radical (unpaired) electrons. The van der Waals surface area contributed by atoms with Crippen LogP contribution in [0.25, 0.3) is 100 Å². The minimum atomic E-state index is 0.705. The second-order valence-electron chi connectivity index (χ2n) is 14.0. The Hall–Kier alpha value is -7.49. The summed E-state index contributed by atoms with van der Waals surface area (Å²) in [5, 5.41) is 3.59. The molecule has 0 aliphatic heterocycles. The van der Waals surface area contributed by atoms with Gasteiger partial charge in [-0.1, -0.05) is 194 Å². The van der Waals surface area contributed by atoms with Gasteiger partial charge in [-0.15, -0.1) is 0 Å². The van der Waals surface area contributed by atoms with Crippen molar-refractivity contribution in [2.45, 2.75) is 0 Å². The molecule has 10 rings (SSSR count). The molecule has 8 aromatic carbocycles. The smallest absolute Gasteiger partial charge is 0.160 e. The van der Waals surface area contributed by atoms with Crippen molar-refractivity contribution in [2.24, 2.45) is 0 Å². The fraction of sp³-hybridized carbons (Fsp3) is 0. The van der Waals surface area contributed by atoms with Crippen LogP contribution in [0.4, 0.5) is 0 Å². The van der Waals surface area contributed by atoms with E-state index in [0.717, 1.165) is 61.5 Å². The number of hydrogen-bond donors (Lipinski definition) is 0. The van der Waals surface area contributed by atoms with Gasteiger partial charge in [0.2, 0.25) is 0 Å². The van der Waals surface area contributed by atoms with E-state index in [1.54, 1.807) is 0 Å². The first-order valence-corrected chi connectivity index (χ1v) is 18.9. The summed E-state index contributed by atoms with van der Waals surface area (Å²) in [6.07, 6.45) is 0. The predicted octanol–water partition coefficient (Wildman–Crippen LogP) is 13.8. The monoisotopic (exact) mass is 713 g/mol. The molecule has 0 fully saturated rings. The second-order valence-corrected chi connectivity index (χ2v) is 14.0. The lowest BCUT2D eigenvalue weighted by atomic mass is 9.93. The van der Waals surface area contributed by atoms with E-state index in [4.69, 9.17) is 15.0 Å². The van der Waals surface area contributed by atoms with Crippen LogP contribution in [-0.4, -0.2) is 15.0 Å². The number of benzene rings is 8. The Morgan fingerprint density at radius 1 is 0.268 bits per heavy atom. The second kappa shape index (κ2) is 14.4. The highest BCUT2D eigenvalue weighted by molar-refractivity contribution is 6.13. The van der Waals surface area contributed by atoms with Gasteiger partial charge in [0.15, 0.2) is 5.82 Å². The molecular weight excluding hydrogens is 679 g/mol. The standard InChI is InChI=1S/C53H35N3/c1-4-12-36(13-5-1)37-22-28-43(29-23-37)50-35-51(56-53(55-50)45-17-8-3-9-18-45)44-30-24-39(25-31-44)38-20-26-41(27-21-38)47-34-49(42-15-6-2-7-16-42)54-48-33-32-40-14-10-11-19-46(40)52(47)48/h1-35H. The van der Waals surface area contributed by atoms with E-state index in [9.17, 15) is 0 Å². The Morgan fingerprint density at radius 3 is 1.25 bits per heavy atom. The van der Waals surface area contributed by atoms with Gasteiger partial charge in [0.25, 0.3) is 0 Å². The summed E-state index contributed by atoms with van der Waals surface area (Å²) in [4.78, 5) is 15.2. The topological polar surface area (TPSA) is 38.7 Å². The molecule has 0 saturated carbocycles. The molecule has 262 valence electrons. The van der Waals surface area contributed by atoms with Gasteiger partial charge in [0.05, 0.1) is 22.6 Å². The normalized spacial score (nSPS) is 11.2. The lowest BCUT2D eigenvalue weighted by Crippen LogP contribution is -1.96. The van der Waals surface area contributed by atoms with Crippen LogP contribution in [0.15, 0.2) is 212 Å². The third kappa shape index (κ3) is 6.42. The Kier molecular flexibility index (Phi) is 8.51. The van der Waals surface area contributed by atoms with Crippen molar-refractivity contribution >= 4 is 21.7 Å². The van der Waals surface area contributed by atoms with Crippen molar-refractivity contribution in [1.82, 2.24) is 15.0 Å². The zero-order chi connectivity index (χ0) is 37.3. The Labute approximate surface area is 326 Å². The first-order valence-electron chi connectivity index (χ1n) is 18.9. The zero-order valence-electron chi connectivity index (χ0n) is 30.5. The molecular formula is C53H35N3. The fourth-order valence-corrected chi connectivity index (χ4v) is 7.59. The molecule has 2 aromatic heterocycles. The number of fused-ring (bicyclic) bond motifs is 3. The van der Waals surface area contributed by atoms with E-state index in [1.165, 1.54) is 32.8 Å². The van der Waals surface area contributed by atoms with Crippen LogP contribution in [0.1, 0.15) is 0 Å². The van der Waals surface area contributed by atoms with E-state index >= 15 is 0 Å².